The van der Waals surface area contributed by atoms with Gasteiger partial charge in [-0.3, -0.25) is 4.98 Å². The van der Waals surface area contributed by atoms with Gasteiger partial charge in [-0.05, 0) is 49.6 Å². The number of aromatic amines is 1. The van der Waals surface area contributed by atoms with Gasteiger partial charge in [0.15, 0.2) is 0 Å². The summed E-state index contributed by atoms with van der Waals surface area (Å²) in [6.07, 6.45) is 6.18. The number of benzene rings is 1. The Labute approximate surface area is 149 Å². The smallest absolute Gasteiger partial charge is 0.0682 e. The summed E-state index contributed by atoms with van der Waals surface area (Å²) >= 11 is 18.9. The molecule has 3 aromatic rings. The Morgan fingerprint density at radius 1 is 1.09 bits per heavy atom. The van der Waals surface area contributed by atoms with Gasteiger partial charge in [0.25, 0.3) is 0 Å². The predicted octanol–water partition coefficient (Wildman–Crippen LogP) is 5.47. The first kappa shape index (κ1) is 16.6. The van der Waals surface area contributed by atoms with Gasteiger partial charge in [0, 0.05) is 33.9 Å². The SMILES string of the molecule is NCCCCc1c(-c2ccncc2Cl)[nH]c2cc(Cl)cc(Cl)c12. The minimum absolute atomic E-state index is 0.598. The van der Waals surface area contributed by atoms with Crippen molar-refractivity contribution in [3.63, 3.8) is 0 Å². The van der Waals surface area contributed by atoms with Gasteiger partial charge >= 0.3 is 0 Å². The number of hydrogen-bond donors (Lipinski definition) is 2. The fourth-order valence-electron chi connectivity index (χ4n) is 2.82. The number of aromatic nitrogens is 2. The molecule has 0 bridgehead atoms. The molecule has 6 heteroatoms. The van der Waals surface area contributed by atoms with E-state index in [0.717, 1.165) is 47.0 Å². The minimum atomic E-state index is 0.598. The van der Waals surface area contributed by atoms with Crippen molar-refractivity contribution in [1.29, 1.82) is 0 Å². The molecule has 0 aliphatic rings. The number of aryl methyl sites for hydroxylation is 1. The van der Waals surface area contributed by atoms with Gasteiger partial charge in [-0.15, -0.1) is 0 Å². The highest BCUT2D eigenvalue weighted by Crippen LogP contribution is 2.39. The van der Waals surface area contributed by atoms with Crippen LogP contribution in [0, 0.1) is 0 Å². The first-order valence-electron chi connectivity index (χ1n) is 7.41. The number of pyridine rings is 1. The number of nitrogens with zero attached hydrogens (tertiary/aromatic N) is 1. The largest absolute Gasteiger partial charge is 0.354 e. The Morgan fingerprint density at radius 3 is 2.65 bits per heavy atom. The van der Waals surface area contributed by atoms with E-state index < -0.39 is 0 Å². The Kier molecular flexibility index (Phi) is 5.12. The van der Waals surface area contributed by atoms with Gasteiger partial charge in [0.05, 0.1) is 15.7 Å². The van der Waals surface area contributed by atoms with Crippen LogP contribution in [0.25, 0.3) is 22.2 Å². The maximum Gasteiger partial charge on any atom is 0.0682 e. The molecule has 0 unspecified atom stereocenters. The number of rotatable bonds is 5. The molecule has 0 amide bonds. The van der Waals surface area contributed by atoms with Gasteiger partial charge in [-0.1, -0.05) is 34.8 Å². The van der Waals surface area contributed by atoms with E-state index >= 15 is 0 Å². The number of hydrogen-bond acceptors (Lipinski definition) is 2. The van der Waals surface area contributed by atoms with Crippen LogP contribution < -0.4 is 5.73 Å². The lowest BCUT2D eigenvalue weighted by atomic mass is 10.0. The highest BCUT2D eigenvalue weighted by Gasteiger charge is 2.17. The molecule has 0 aliphatic carbocycles. The van der Waals surface area contributed by atoms with Crippen molar-refractivity contribution in [3.05, 3.63) is 51.2 Å². The molecule has 0 radical (unpaired) electrons. The van der Waals surface area contributed by atoms with E-state index in [1.165, 1.54) is 0 Å². The van der Waals surface area contributed by atoms with Crippen LogP contribution in [0.3, 0.4) is 0 Å². The monoisotopic (exact) mass is 367 g/mol. The fourth-order valence-corrected chi connectivity index (χ4v) is 3.64. The molecule has 0 fully saturated rings. The molecule has 23 heavy (non-hydrogen) atoms. The summed E-state index contributed by atoms with van der Waals surface area (Å²) in [7, 11) is 0. The second-order valence-corrected chi connectivity index (χ2v) is 6.64. The van der Waals surface area contributed by atoms with E-state index in [9.17, 15) is 0 Å². The van der Waals surface area contributed by atoms with Crippen molar-refractivity contribution < 1.29 is 0 Å². The standard InChI is InChI=1S/C17H16Cl3N3/c18-10-7-13(19)16-12(3-1-2-5-21)17(23-15(16)8-10)11-4-6-22-9-14(11)20/h4,6-9,23H,1-3,5,21H2. The average Bonchev–Trinajstić information content (AvgIpc) is 2.86. The van der Waals surface area contributed by atoms with Crippen LogP contribution in [0.4, 0.5) is 0 Å². The number of nitrogens with one attached hydrogen (secondary N) is 1. The maximum absolute atomic E-state index is 6.45. The van der Waals surface area contributed by atoms with E-state index in [1.807, 2.05) is 12.1 Å². The number of nitrogens with two attached hydrogens (primary N) is 1. The number of fused-ring (bicyclic) bond motifs is 1. The van der Waals surface area contributed by atoms with E-state index in [4.69, 9.17) is 40.5 Å². The molecule has 3 rings (SSSR count). The summed E-state index contributed by atoms with van der Waals surface area (Å²) in [6.45, 7) is 0.674. The van der Waals surface area contributed by atoms with Crippen LogP contribution >= 0.6 is 34.8 Å². The summed E-state index contributed by atoms with van der Waals surface area (Å²) in [5.41, 5.74) is 9.55. The third-order valence-electron chi connectivity index (χ3n) is 3.84. The lowest BCUT2D eigenvalue weighted by molar-refractivity contribution is 0.748. The molecule has 120 valence electrons. The Balaban J connectivity index is 2.21. The molecule has 1 aromatic carbocycles. The highest BCUT2D eigenvalue weighted by atomic mass is 35.5. The number of unbranched alkanes of at least 4 members (excludes halogenated alkanes) is 1. The van der Waals surface area contributed by atoms with Gasteiger partial charge in [-0.2, -0.15) is 0 Å². The summed E-state index contributed by atoms with van der Waals surface area (Å²) in [4.78, 5) is 7.47. The van der Waals surface area contributed by atoms with Crippen LogP contribution in [0.1, 0.15) is 18.4 Å². The molecule has 3 N–H and O–H groups in total. The molecule has 3 nitrogen and oxygen atoms in total. The molecule has 0 aliphatic heterocycles. The van der Waals surface area contributed by atoms with E-state index in [0.29, 0.717) is 21.6 Å². The lowest BCUT2D eigenvalue weighted by Gasteiger charge is -2.07. The molecular formula is C17H16Cl3N3. The van der Waals surface area contributed by atoms with Gasteiger partial charge in [0.1, 0.15) is 0 Å². The summed E-state index contributed by atoms with van der Waals surface area (Å²) in [6, 6.07) is 5.55. The Hall–Kier alpha value is -1.26. The van der Waals surface area contributed by atoms with Gasteiger partial charge in [-0.25, -0.2) is 0 Å². The zero-order valence-electron chi connectivity index (χ0n) is 12.4. The van der Waals surface area contributed by atoms with Crippen LogP contribution in [0.5, 0.6) is 0 Å². The van der Waals surface area contributed by atoms with Crippen molar-refractivity contribution in [3.8, 4) is 11.3 Å². The molecule has 0 spiro atoms. The highest BCUT2D eigenvalue weighted by molar-refractivity contribution is 6.39. The van der Waals surface area contributed by atoms with Gasteiger partial charge in [0.2, 0.25) is 0 Å². The maximum atomic E-state index is 6.45. The molecule has 0 saturated carbocycles. The van der Waals surface area contributed by atoms with Crippen molar-refractivity contribution in [2.75, 3.05) is 6.54 Å². The first-order chi connectivity index (χ1) is 11.1. The minimum Gasteiger partial charge on any atom is -0.354 e. The van der Waals surface area contributed by atoms with Crippen molar-refractivity contribution >= 4 is 45.7 Å². The number of H-pyrrole nitrogens is 1. The fraction of sp³-hybridized carbons (Fsp3) is 0.235. The first-order valence-corrected chi connectivity index (χ1v) is 8.54. The molecule has 2 heterocycles. The van der Waals surface area contributed by atoms with Gasteiger partial charge < -0.3 is 10.7 Å². The van der Waals surface area contributed by atoms with E-state index in [2.05, 4.69) is 9.97 Å². The van der Waals surface area contributed by atoms with Crippen molar-refractivity contribution in [2.24, 2.45) is 5.73 Å². The normalized spacial score (nSPS) is 11.3. The third-order valence-corrected chi connectivity index (χ3v) is 4.66. The molecule has 0 atom stereocenters. The Bertz CT molecular complexity index is 842. The summed E-state index contributed by atoms with van der Waals surface area (Å²) < 4.78 is 0. The quantitative estimate of drug-likeness (QED) is 0.586. The third kappa shape index (κ3) is 3.33. The summed E-state index contributed by atoms with van der Waals surface area (Å²) in [5, 5.41) is 2.84. The molecular weight excluding hydrogens is 353 g/mol. The van der Waals surface area contributed by atoms with Crippen LogP contribution in [0.15, 0.2) is 30.6 Å². The predicted molar refractivity (Wildman–Crippen MR) is 98.6 cm³/mol. The second-order valence-electron chi connectivity index (χ2n) is 5.39. The zero-order chi connectivity index (χ0) is 16.4. The van der Waals surface area contributed by atoms with Crippen LogP contribution in [-0.4, -0.2) is 16.5 Å². The molecule has 2 aromatic heterocycles. The number of halogens is 3. The topological polar surface area (TPSA) is 54.7 Å². The summed E-state index contributed by atoms with van der Waals surface area (Å²) in [5.74, 6) is 0. The zero-order valence-corrected chi connectivity index (χ0v) is 14.6. The second kappa shape index (κ2) is 7.10. The Morgan fingerprint density at radius 2 is 1.91 bits per heavy atom. The average molecular weight is 369 g/mol. The van der Waals surface area contributed by atoms with Crippen molar-refractivity contribution in [1.82, 2.24) is 9.97 Å². The van der Waals surface area contributed by atoms with E-state index in [1.54, 1.807) is 18.5 Å². The lowest BCUT2D eigenvalue weighted by Crippen LogP contribution is -1.99. The van der Waals surface area contributed by atoms with E-state index in [-0.39, 0.29) is 0 Å². The van der Waals surface area contributed by atoms with Crippen LogP contribution in [-0.2, 0) is 6.42 Å². The van der Waals surface area contributed by atoms with Crippen molar-refractivity contribution in [2.45, 2.75) is 19.3 Å². The molecule has 0 saturated heterocycles. The van der Waals surface area contributed by atoms with Crippen LogP contribution in [0.2, 0.25) is 15.1 Å².